The summed E-state index contributed by atoms with van der Waals surface area (Å²) < 4.78 is 52.6. The van der Waals surface area contributed by atoms with Crippen LogP contribution in [-0.4, -0.2) is 37.8 Å². The number of rotatable bonds is 9. The van der Waals surface area contributed by atoms with Gasteiger partial charge in [0.1, 0.15) is 12.4 Å². The second-order valence-corrected chi connectivity index (χ2v) is 6.48. The molecule has 0 spiro atoms. The van der Waals surface area contributed by atoms with E-state index in [2.05, 4.69) is 10.5 Å². The molecule has 2 aromatic carbocycles. The number of benzene rings is 2. The van der Waals surface area contributed by atoms with Crippen LogP contribution in [0.4, 0.5) is 13.2 Å². The number of aryl methyl sites for hydroxylation is 1. The van der Waals surface area contributed by atoms with Gasteiger partial charge in [0.05, 0.1) is 11.6 Å². The van der Waals surface area contributed by atoms with Crippen LogP contribution in [0.3, 0.4) is 0 Å². The number of carbonyl (C=O) groups is 1. The quantitative estimate of drug-likeness (QED) is 0.279. The SMILES string of the molecule is CCc1ccc(OC/C(=N/NC=O)N(C)C)c(Oc2cc(C#N)cc(C(F)F)c2)c1F. The molecule has 0 atom stereocenters. The van der Waals surface area contributed by atoms with Crippen LogP contribution >= 0.6 is 0 Å². The molecule has 0 bridgehead atoms. The Balaban J connectivity index is 2.44. The van der Waals surface area contributed by atoms with E-state index in [0.717, 1.165) is 12.1 Å². The van der Waals surface area contributed by atoms with Crippen molar-refractivity contribution in [1.29, 1.82) is 5.26 Å². The lowest BCUT2D eigenvalue weighted by molar-refractivity contribution is -0.109. The van der Waals surface area contributed by atoms with Crippen molar-refractivity contribution in [3.8, 4) is 23.3 Å². The average molecular weight is 434 g/mol. The third-order valence-corrected chi connectivity index (χ3v) is 4.17. The lowest BCUT2D eigenvalue weighted by Gasteiger charge is -2.19. The maximum Gasteiger partial charge on any atom is 0.264 e. The van der Waals surface area contributed by atoms with Crippen molar-refractivity contribution in [3.63, 3.8) is 0 Å². The number of alkyl halides is 2. The van der Waals surface area contributed by atoms with Gasteiger partial charge in [0.15, 0.2) is 17.4 Å². The van der Waals surface area contributed by atoms with Gasteiger partial charge in [-0.1, -0.05) is 13.0 Å². The zero-order valence-corrected chi connectivity index (χ0v) is 17.2. The van der Waals surface area contributed by atoms with Crippen molar-refractivity contribution in [1.82, 2.24) is 10.3 Å². The summed E-state index contributed by atoms with van der Waals surface area (Å²) in [6, 6.07) is 8.08. The Kier molecular flexibility index (Phi) is 8.25. The summed E-state index contributed by atoms with van der Waals surface area (Å²) >= 11 is 0. The molecule has 0 aliphatic carbocycles. The Morgan fingerprint density at radius 1 is 1.32 bits per heavy atom. The van der Waals surface area contributed by atoms with Gasteiger partial charge >= 0.3 is 0 Å². The molecular formula is C21H21F3N4O3. The lowest BCUT2D eigenvalue weighted by Crippen LogP contribution is -2.30. The second kappa shape index (κ2) is 10.9. The summed E-state index contributed by atoms with van der Waals surface area (Å²) in [5, 5.41) is 12.9. The van der Waals surface area contributed by atoms with E-state index < -0.39 is 17.8 Å². The number of likely N-dealkylation sites (N-methyl/N-ethyl adjacent to an activating group) is 1. The first-order chi connectivity index (χ1) is 14.8. The molecular weight excluding hydrogens is 413 g/mol. The number of hydrogen-bond donors (Lipinski definition) is 1. The van der Waals surface area contributed by atoms with Crippen LogP contribution in [0.2, 0.25) is 0 Å². The number of nitrogens with zero attached hydrogens (tertiary/aromatic N) is 3. The van der Waals surface area contributed by atoms with Gasteiger partial charge in [-0.2, -0.15) is 10.4 Å². The summed E-state index contributed by atoms with van der Waals surface area (Å²) in [5.74, 6) is -0.831. The number of amides is 1. The van der Waals surface area contributed by atoms with Gasteiger partial charge in [-0.25, -0.2) is 18.6 Å². The lowest BCUT2D eigenvalue weighted by atomic mass is 10.1. The highest BCUT2D eigenvalue weighted by molar-refractivity contribution is 5.83. The average Bonchev–Trinajstić information content (AvgIpc) is 2.75. The molecule has 7 nitrogen and oxygen atoms in total. The van der Waals surface area contributed by atoms with Crippen molar-refractivity contribution in [2.75, 3.05) is 20.7 Å². The predicted octanol–water partition coefficient (Wildman–Crippen LogP) is 3.99. The van der Waals surface area contributed by atoms with Crippen molar-refractivity contribution >= 4 is 12.2 Å². The molecule has 0 saturated heterocycles. The van der Waals surface area contributed by atoms with Crippen LogP contribution in [-0.2, 0) is 11.2 Å². The van der Waals surface area contributed by atoms with E-state index in [1.54, 1.807) is 32.0 Å². The summed E-state index contributed by atoms with van der Waals surface area (Å²) in [5.41, 5.74) is 2.01. The van der Waals surface area contributed by atoms with Gasteiger partial charge < -0.3 is 14.4 Å². The normalized spacial score (nSPS) is 11.1. The van der Waals surface area contributed by atoms with Crippen LogP contribution < -0.4 is 14.9 Å². The molecule has 0 aliphatic rings. The Morgan fingerprint density at radius 3 is 2.65 bits per heavy atom. The maximum atomic E-state index is 15.0. The zero-order chi connectivity index (χ0) is 23.0. The summed E-state index contributed by atoms with van der Waals surface area (Å²) in [4.78, 5) is 12.1. The highest BCUT2D eigenvalue weighted by atomic mass is 19.3. The monoisotopic (exact) mass is 434 g/mol. The molecule has 164 valence electrons. The number of halogens is 3. The zero-order valence-electron chi connectivity index (χ0n) is 17.2. The largest absolute Gasteiger partial charge is 0.482 e. The van der Waals surface area contributed by atoms with Crippen LogP contribution in [0, 0.1) is 17.1 Å². The molecule has 31 heavy (non-hydrogen) atoms. The van der Waals surface area contributed by atoms with Crippen LogP contribution in [0.25, 0.3) is 0 Å². The van der Waals surface area contributed by atoms with Crippen molar-refractivity contribution in [2.24, 2.45) is 5.10 Å². The Bertz CT molecular complexity index is 1000. The molecule has 1 amide bonds. The maximum absolute atomic E-state index is 15.0. The Labute approximate surface area is 177 Å². The third kappa shape index (κ3) is 6.12. The van der Waals surface area contributed by atoms with Gasteiger partial charge in [-0.3, -0.25) is 4.79 Å². The van der Waals surface area contributed by atoms with E-state index in [1.165, 1.54) is 18.2 Å². The molecule has 0 aromatic heterocycles. The molecule has 0 heterocycles. The van der Waals surface area contributed by atoms with Gasteiger partial charge in [-0.15, -0.1) is 0 Å². The molecule has 2 rings (SSSR count). The fraction of sp³-hybridized carbons (Fsp3) is 0.286. The minimum Gasteiger partial charge on any atom is -0.482 e. The Morgan fingerprint density at radius 2 is 2.06 bits per heavy atom. The molecule has 0 aliphatic heterocycles. The molecule has 0 unspecified atom stereocenters. The summed E-state index contributed by atoms with van der Waals surface area (Å²) in [6.45, 7) is 1.60. The summed E-state index contributed by atoms with van der Waals surface area (Å²) in [7, 11) is 3.35. The molecule has 2 aromatic rings. The van der Waals surface area contributed by atoms with Crippen molar-refractivity contribution in [2.45, 2.75) is 19.8 Å². The standard InChI is InChI=1S/C21H21F3N4O3/c1-4-14-5-6-17(30-11-18(28(2)3)27-26-12-29)20(19(14)22)31-16-8-13(10-25)7-15(9-16)21(23)24/h5-9,12,21H,4,11H2,1-3H3,(H,26,29)/b27-18-. The van der Waals surface area contributed by atoms with Gasteiger partial charge in [-0.05, 0) is 36.2 Å². The van der Waals surface area contributed by atoms with E-state index >= 15 is 4.39 Å². The van der Waals surface area contributed by atoms with Gasteiger partial charge in [0.25, 0.3) is 6.43 Å². The van der Waals surface area contributed by atoms with E-state index in [0.29, 0.717) is 24.2 Å². The minimum absolute atomic E-state index is 0.00342. The topological polar surface area (TPSA) is 86.9 Å². The fourth-order valence-electron chi connectivity index (χ4n) is 2.55. The van der Waals surface area contributed by atoms with Gasteiger partial charge in [0.2, 0.25) is 12.2 Å². The van der Waals surface area contributed by atoms with E-state index in [1.807, 2.05) is 0 Å². The molecule has 0 radical (unpaired) electrons. The van der Waals surface area contributed by atoms with Crippen molar-refractivity contribution in [3.05, 3.63) is 52.8 Å². The number of hydrogen-bond acceptors (Lipinski definition) is 5. The summed E-state index contributed by atoms with van der Waals surface area (Å²) in [6.07, 6.45) is -2.09. The van der Waals surface area contributed by atoms with Crippen LogP contribution in [0.5, 0.6) is 17.2 Å². The van der Waals surface area contributed by atoms with Crippen LogP contribution in [0.1, 0.15) is 30.0 Å². The van der Waals surface area contributed by atoms with E-state index in [-0.39, 0.29) is 29.4 Å². The number of hydrazone groups is 1. The number of ether oxygens (including phenoxy) is 2. The first-order valence-electron chi connectivity index (χ1n) is 9.19. The first-order valence-corrected chi connectivity index (χ1v) is 9.19. The highest BCUT2D eigenvalue weighted by Crippen LogP contribution is 2.37. The number of nitriles is 1. The van der Waals surface area contributed by atoms with Crippen LogP contribution in [0.15, 0.2) is 35.4 Å². The highest BCUT2D eigenvalue weighted by Gasteiger charge is 2.19. The van der Waals surface area contributed by atoms with Crippen molar-refractivity contribution < 1.29 is 27.4 Å². The third-order valence-electron chi connectivity index (χ3n) is 4.17. The molecule has 10 heteroatoms. The van der Waals surface area contributed by atoms with Gasteiger partial charge in [0, 0.05) is 19.7 Å². The number of carbonyl (C=O) groups excluding carboxylic acids is 1. The first kappa shape index (κ1) is 23.5. The second-order valence-electron chi connectivity index (χ2n) is 6.48. The van der Waals surface area contributed by atoms with E-state index in [4.69, 9.17) is 14.7 Å². The molecule has 0 fully saturated rings. The molecule has 0 saturated carbocycles. The number of nitrogens with one attached hydrogen (secondary N) is 1. The fourth-order valence-corrected chi connectivity index (χ4v) is 2.55. The smallest absolute Gasteiger partial charge is 0.264 e. The Hall–Kier alpha value is -3.74. The molecule has 1 N–H and O–H groups in total. The predicted molar refractivity (Wildman–Crippen MR) is 108 cm³/mol. The number of amidine groups is 1. The minimum atomic E-state index is -2.83. The van der Waals surface area contributed by atoms with E-state index in [9.17, 15) is 13.6 Å².